The molecule has 5 nitrogen and oxygen atoms in total. The summed E-state index contributed by atoms with van der Waals surface area (Å²) >= 11 is 0. The fourth-order valence-corrected chi connectivity index (χ4v) is 2.17. The van der Waals surface area contributed by atoms with Gasteiger partial charge in [-0.1, -0.05) is 56.5 Å². The fourth-order valence-electron chi connectivity index (χ4n) is 2.17. The second kappa shape index (κ2) is 6.87. The first-order chi connectivity index (χ1) is 9.05. The van der Waals surface area contributed by atoms with Gasteiger partial charge in [0.2, 0.25) is 0 Å². The SMILES string of the molecule is CCCCCCC(C(=O)O)(c1ccccc1)[N+](=O)[O-]. The van der Waals surface area contributed by atoms with Crippen LogP contribution < -0.4 is 0 Å². The predicted octanol–water partition coefficient (Wildman–Crippen LogP) is 3.21. The lowest BCUT2D eigenvalue weighted by atomic mass is 9.85. The zero-order chi connectivity index (χ0) is 14.3. The van der Waals surface area contributed by atoms with Gasteiger partial charge in [-0.05, 0) is 6.42 Å². The maximum absolute atomic E-state index is 11.5. The van der Waals surface area contributed by atoms with Crippen LogP contribution in [0.4, 0.5) is 0 Å². The molecule has 5 heteroatoms. The van der Waals surface area contributed by atoms with Crippen LogP contribution in [0.15, 0.2) is 30.3 Å². The van der Waals surface area contributed by atoms with Crippen molar-refractivity contribution >= 4 is 5.97 Å². The molecule has 0 aliphatic rings. The molecule has 1 rings (SSSR count). The number of nitro groups is 1. The number of aliphatic carboxylic acids is 1. The van der Waals surface area contributed by atoms with E-state index in [1.165, 1.54) is 12.1 Å². The number of nitrogens with zero attached hydrogens (tertiary/aromatic N) is 1. The molecule has 0 saturated heterocycles. The summed E-state index contributed by atoms with van der Waals surface area (Å²) in [4.78, 5) is 22.2. The number of unbranched alkanes of at least 4 members (excludes halogenated alkanes) is 3. The lowest BCUT2D eigenvalue weighted by molar-refractivity contribution is -0.565. The summed E-state index contributed by atoms with van der Waals surface area (Å²) in [6.07, 6.45) is 3.34. The van der Waals surface area contributed by atoms with Crippen LogP contribution >= 0.6 is 0 Å². The minimum absolute atomic E-state index is 0.0271. The van der Waals surface area contributed by atoms with Crippen molar-refractivity contribution in [1.29, 1.82) is 0 Å². The Morgan fingerprint density at radius 2 is 1.89 bits per heavy atom. The van der Waals surface area contributed by atoms with Crippen LogP contribution in [-0.4, -0.2) is 16.0 Å². The molecule has 1 aromatic carbocycles. The topological polar surface area (TPSA) is 80.4 Å². The molecule has 0 bridgehead atoms. The van der Waals surface area contributed by atoms with Crippen LogP contribution in [-0.2, 0) is 10.3 Å². The second-order valence-corrected chi connectivity index (χ2v) is 4.60. The van der Waals surface area contributed by atoms with Crippen LogP contribution in [0.1, 0.15) is 44.6 Å². The van der Waals surface area contributed by atoms with Crippen molar-refractivity contribution in [3.63, 3.8) is 0 Å². The number of rotatable bonds is 8. The Morgan fingerprint density at radius 3 is 2.37 bits per heavy atom. The van der Waals surface area contributed by atoms with Gasteiger partial charge in [0, 0.05) is 16.9 Å². The van der Waals surface area contributed by atoms with Gasteiger partial charge < -0.3 is 5.11 Å². The highest BCUT2D eigenvalue weighted by molar-refractivity contribution is 5.79. The first-order valence-electron chi connectivity index (χ1n) is 6.49. The third-order valence-corrected chi connectivity index (χ3v) is 3.31. The average Bonchev–Trinajstić information content (AvgIpc) is 2.39. The number of benzene rings is 1. The molecule has 0 aliphatic heterocycles. The van der Waals surface area contributed by atoms with Crippen molar-refractivity contribution in [3.05, 3.63) is 46.0 Å². The molecular formula is C14H19NO4. The van der Waals surface area contributed by atoms with Gasteiger partial charge in [-0.15, -0.1) is 0 Å². The Hall–Kier alpha value is -1.91. The minimum Gasteiger partial charge on any atom is -0.476 e. The summed E-state index contributed by atoms with van der Waals surface area (Å²) in [6, 6.07) is 7.99. The molecule has 0 saturated carbocycles. The maximum atomic E-state index is 11.5. The van der Waals surface area contributed by atoms with E-state index in [1.807, 2.05) is 6.92 Å². The van der Waals surface area contributed by atoms with E-state index in [0.29, 0.717) is 6.42 Å². The molecule has 0 amide bonds. The molecule has 1 N–H and O–H groups in total. The normalized spacial score (nSPS) is 13.7. The zero-order valence-electron chi connectivity index (χ0n) is 11.0. The zero-order valence-corrected chi connectivity index (χ0v) is 11.0. The van der Waals surface area contributed by atoms with Gasteiger partial charge in [0.1, 0.15) is 0 Å². The minimum atomic E-state index is -2.02. The highest BCUT2D eigenvalue weighted by atomic mass is 16.6. The first kappa shape index (κ1) is 15.1. The van der Waals surface area contributed by atoms with Gasteiger partial charge in [-0.3, -0.25) is 10.1 Å². The van der Waals surface area contributed by atoms with E-state index in [-0.39, 0.29) is 12.0 Å². The van der Waals surface area contributed by atoms with E-state index in [9.17, 15) is 20.0 Å². The number of carboxylic acids is 1. The van der Waals surface area contributed by atoms with Crippen molar-refractivity contribution in [1.82, 2.24) is 0 Å². The monoisotopic (exact) mass is 265 g/mol. The van der Waals surface area contributed by atoms with E-state index in [4.69, 9.17) is 0 Å². The van der Waals surface area contributed by atoms with Gasteiger partial charge in [-0.2, -0.15) is 0 Å². The first-order valence-corrected chi connectivity index (χ1v) is 6.49. The molecule has 1 unspecified atom stereocenters. The Kier molecular flexibility index (Phi) is 5.48. The summed E-state index contributed by atoms with van der Waals surface area (Å²) < 4.78 is 0. The molecule has 1 atom stereocenters. The average molecular weight is 265 g/mol. The largest absolute Gasteiger partial charge is 0.476 e. The van der Waals surface area contributed by atoms with Gasteiger partial charge in [0.05, 0.1) is 0 Å². The fraction of sp³-hybridized carbons (Fsp3) is 0.500. The van der Waals surface area contributed by atoms with E-state index >= 15 is 0 Å². The van der Waals surface area contributed by atoms with Gasteiger partial charge in [0.25, 0.3) is 0 Å². The van der Waals surface area contributed by atoms with Crippen molar-refractivity contribution in [2.75, 3.05) is 0 Å². The van der Waals surface area contributed by atoms with Crippen LogP contribution in [0, 0.1) is 10.1 Å². The molecule has 1 aromatic rings. The quantitative estimate of drug-likeness (QED) is 0.444. The van der Waals surface area contributed by atoms with Crippen LogP contribution in [0.3, 0.4) is 0 Å². The Labute approximate surface area is 112 Å². The highest BCUT2D eigenvalue weighted by Gasteiger charge is 2.52. The molecule has 104 valence electrons. The standard InChI is InChI=1S/C14H19NO4/c1-2-3-4-8-11-14(13(16)17,15(18)19)12-9-6-5-7-10-12/h5-7,9-10H,2-4,8,11H2,1H3,(H,16,17). The molecule has 0 heterocycles. The molecular weight excluding hydrogens is 246 g/mol. The van der Waals surface area contributed by atoms with E-state index in [0.717, 1.165) is 19.3 Å². The molecule has 0 spiro atoms. The van der Waals surface area contributed by atoms with Crippen LogP contribution in [0.25, 0.3) is 0 Å². The Morgan fingerprint density at radius 1 is 1.26 bits per heavy atom. The van der Waals surface area contributed by atoms with E-state index in [1.54, 1.807) is 18.2 Å². The van der Waals surface area contributed by atoms with Gasteiger partial charge >= 0.3 is 11.5 Å². The highest BCUT2D eigenvalue weighted by Crippen LogP contribution is 2.31. The number of hydrogen-bond acceptors (Lipinski definition) is 3. The molecule has 0 aliphatic carbocycles. The van der Waals surface area contributed by atoms with Crippen molar-refractivity contribution in [2.45, 2.75) is 44.6 Å². The second-order valence-electron chi connectivity index (χ2n) is 4.60. The summed E-state index contributed by atoms with van der Waals surface area (Å²) in [6.45, 7) is 2.04. The number of carboxylic acid groups (broad SMARTS) is 1. The van der Waals surface area contributed by atoms with Gasteiger partial charge in [0.15, 0.2) is 0 Å². The Bertz CT molecular complexity index is 416. The molecule has 19 heavy (non-hydrogen) atoms. The van der Waals surface area contributed by atoms with E-state index < -0.39 is 16.4 Å². The van der Waals surface area contributed by atoms with E-state index in [2.05, 4.69) is 0 Å². The van der Waals surface area contributed by atoms with Gasteiger partial charge in [-0.25, -0.2) is 4.79 Å². The summed E-state index contributed by atoms with van der Waals surface area (Å²) in [7, 11) is 0. The van der Waals surface area contributed by atoms with Crippen molar-refractivity contribution < 1.29 is 14.8 Å². The maximum Gasteiger partial charge on any atom is 0.387 e. The summed E-state index contributed by atoms with van der Waals surface area (Å²) in [5.41, 5.74) is -1.78. The predicted molar refractivity (Wildman–Crippen MR) is 71.5 cm³/mol. The summed E-state index contributed by atoms with van der Waals surface area (Å²) in [5, 5.41) is 20.7. The van der Waals surface area contributed by atoms with Crippen LogP contribution in [0.5, 0.6) is 0 Å². The third kappa shape index (κ3) is 3.30. The molecule has 0 aromatic heterocycles. The molecule has 0 radical (unpaired) electrons. The lowest BCUT2D eigenvalue weighted by Gasteiger charge is -2.21. The van der Waals surface area contributed by atoms with Crippen LogP contribution in [0.2, 0.25) is 0 Å². The van der Waals surface area contributed by atoms with Crippen molar-refractivity contribution in [3.8, 4) is 0 Å². The Balaban J connectivity index is 3.02. The third-order valence-electron chi connectivity index (χ3n) is 3.31. The van der Waals surface area contributed by atoms with Crippen molar-refractivity contribution in [2.24, 2.45) is 0 Å². The molecule has 0 fully saturated rings. The lowest BCUT2D eigenvalue weighted by Crippen LogP contribution is -2.43. The number of hydrogen-bond donors (Lipinski definition) is 1. The number of carbonyl (C=O) groups is 1. The smallest absolute Gasteiger partial charge is 0.387 e. The summed E-state index contributed by atoms with van der Waals surface area (Å²) in [5.74, 6) is -1.39.